The molecule has 0 saturated carbocycles. The molecule has 0 bridgehead atoms. The van der Waals surface area contributed by atoms with Crippen LogP contribution in [0.5, 0.6) is 5.75 Å². The minimum Gasteiger partial charge on any atom is -1.00 e. The number of Topliss-reactive ketones (excluding diaryl/α,β-unsaturated/α-hetero) is 2. The Labute approximate surface area is 502 Å². The Bertz CT molecular complexity index is 3290. The van der Waals surface area contributed by atoms with E-state index >= 15 is 0 Å². The number of unbranched alkanes of at least 4 members (excludes halogenated alkanes) is 2. The van der Waals surface area contributed by atoms with E-state index in [1.807, 2.05) is 85.5 Å². The first-order valence-electron chi connectivity index (χ1n) is 23.3. The number of hydrogen-bond donors (Lipinski definition) is 3. The Balaban J connectivity index is 0.00000210. The molecule has 0 atom stereocenters. The molecule has 22 heteroatoms. The van der Waals surface area contributed by atoms with Crippen molar-refractivity contribution in [1.82, 2.24) is 4.98 Å². The second-order valence-corrected chi connectivity index (χ2v) is 20.4. The van der Waals surface area contributed by atoms with Crippen LogP contribution in [0.4, 0.5) is 11.4 Å². The second-order valence-electron chi connectivity index (χ2n) is 18.6. The molecule has 76 heavy (non-hydrogen) atoms. The Morgan fingerprint density at radius 3 is 2.21 bits per heavy atom. The van der Waals surface area contributed by atoms with E-state index in [-0.39, 0.29) is 99.1 Å². The fourth-order valence-electron chi connectivity index (χ4n) is 9.19. The summed E-state index contributed by atoms with van der Waals surface area (Å²) in [5, 5.41) is 30.2. The van der Waals surface area contributed by atoms with E-state index in [2.05, 4.69) is 31.1 Å². The molecule has 0 amide bonds. The number of pyridine rings is 1. The summed E-state index contributed by atoms with van der Waals surface area (Å²) in [6.45, 7) is 14.1. The number of fused-ring (bicyclic) bond motifs is 2. The summed E-state index contributed by atoms with van der Waals surface area (Å²) in [5.74, 6) is 0.381. The van der Waals surface area contributed by atoms with Crippen molar-refractivity contribution in [3.05, 3.63) is 185 Å². The molecule has 1 aromatic heterocycles. The number of halogens is 1. The molecule has 0 saturated heterocycles. The summed E-state index contributed by atoms with van der Waals surface area (Å²) in [4.78, 5) is 31.9. The zero-order valence-electron chi connectivity index (χ0n) is 43.5. The van der Waals surface area contributed by atoms with Gasteiger partial charge in [-0.15, -0.1) is 18.7 Å². The standard InChI is InChI=1S/C54H56B2N3O9S.BrH.2Na.O3S/c1-36(2)48(60)21-8-7-9-22-49(61)38-24-28-45(57-33-38)37(25-30-51-53(3,4)42-18-12-14-20-46(42)58(51)34-39-16-10-13-19-44(39)56(63)64)26-31-52-54(5,6)43-32-41(69(65,66)67)27-29-47(43)59(52)35-40-17-11-15-23-50(40)68-55-62;;;;1-4(2)3/h10-11,13-20,23-33,62-64H,1,7-9,21-22,34-35H2,2-6H3,(H,65,66,67);1H;;;/q;;2*+1;/p-2. The number of aromatic nitrogens is 1. The van der Waals surface area contributed by atoms with Gasteiger partial charge < -0.3 is 46.2 Å². The Morgan fingerprint density at radius 1 is 0.921 bits per heavy atom. The van der Waals surface area contributed by atoms with Gasteiger partial charge in [-0.2, -0.15) is 18.2 Å². The number of hydrogen-bond acceptors (Lipinski definition) is 14. The van der Waals surface area contributed by atoms with E-state index in [4.69, 9.17) is 22.3 Å². The molecule has 5 aromatic rings. The van der Waals surface area contributed by atoms with Crippen molar-refractivity contribution >= 4 is 75.2 Å². The van der Waals surface area contributed by atoms with Crippen molar-refractivity contribution in [1.29, 1.82) is 0 Å². The molecule has 1 radical (unpaired) electrons. The monoisotopic (exact) mass is 1150 g/mol. The van der Waals surface area contributed by atoms with Gasteiger partial charge >= 0.3 is 84.5 Å². The van der Waals surface area contributed by atoms with Crippen LogP contribution in [0, 0.1) is 6.07 Å². The van der Waals surface area contributed by atoms with Crippen LogP contribution >= 0.6 is 0 Å². The summed E-state index contributed by atoms with van der Waals surface area (Å²) in [7, 11) is -8.95. The largest absolute Gasteiger partial charge is 1.00 e. The smallest absolute Gasteiger partial charge is 1.00 e. The average Bonchev–Trinajstić information content (AvgIpc) is 3.68. The second kappa shape index (κ2) is 29.0. The number of rotatable bonds is 20. The van der Waals surface area contributed by atoms with Crippen LogP contribution in [0.2, 0.25) is 0 Å². The van der Waals surface area contributed by atoms with Gasteiger partial charge in [0.2, 0.25) is 0 Å². The SMILES string of the molecule is C=C(C)C(=O)CCCCCC(=O)c1ccc(C(C=CC2=[N+](Cc3ccccc3B(O)O)c3cc[c-]cc3C2(C)C)=CC=C2N(Cc3ccccc3O[B]O)c3ccc(S(=O)(=O)[O-])cc3C2(C)C)nc1.O=S(=O)=O.[Br-].[Na+].[Na+]. The van der Waals surface area contributed by atoms with Gasteiger partial charge in [0.25, 0.3) is 0 Å². The van der Waals surface area contributed by atoms with E-state index in [1.54, 1.807) is 55.6 Å². The molecule has 3 N–H and O–H groups in total. The van der Waals surface area contributed by atoms with Crippen LogP contribution in [0.3, 0.4) is 0 Å². The van der Waals surface area contributed by atoms with Crippen LogP contribution in [0.25, 0.3) is 5.57 Å². The van der Waals surface area contributed by atoms with E-state index in [0.29, 0.717) is 84.8 Å². The van der Waals surface area contributed by atoms with Crippen LogP contribution in [0.15, 0.2) is 150 Å². The summed E-state index contributed by atoms with van der Waals surface area (Å²) >= 11 is 0. The molecule has 385 valence electrons. The Hall–Kier alpha value is -4.38. The molecule has 0 spiro atoms. The maximum Gasteiger partial charge on any atom is 1.00 e. The van der Waals surface area contributed by atoms with Crippen molar-refractivity contribution < 1.29 is 136 Å². The van der Waals surface area contributed by atoms with Crippen molar-refractivity contribution in [3.8, 4) is 5.75 Å². The van der Waals surface area contributed by atoms with Crippen molar-refractivity contribution in [2.45, 2.75) is 95.5 Å². The van der Waals surface area contributed by atoms with Crippen LogP contribution in [-0.4, -0.2) is 82.3 Å². The molecule has 3 heterocycles. The van der Waals surface area contributed by atoms with Crippen molar-refractivity contribution in [2.24, 2.45) is 0 Å². The minimum atomic E-state index is -4.79. The van der Waals surface area contributed by atoms with Gasteiger partial charge in [-0.05, 0) is 84.9 Å². The Kier molecular flexibility index (Phi) is 25.2. The first kappa shape index (κ1) is 65.9. The van der Waals surface area contributed by atoms with Crippen LogP contribution in [-0.2, 0) is 49.4 Å². The molecule has 15 nitrogen and oxygen atoms in total. The quantitative estimate of drug-likeness (QED) is 0.0109. The number of ketones is 2. The van der Waals surface area contributed by atoms with Crippen LogP contribution < -0.4 is 91.1 Å². The van der Waals surface area contributed by atoms with Gasteiger partial charge in [0.1, 0.15) is 21.6 Å². The van der Waals surface area contributed by atoms with Crippen LogP contribution in [0.1, 0.15) is 105 Å². The third-order valence-corrected chi connectivity index (χ3v) is 13.9. The summed E-state index contributed by atoms with van der Waals surface area (Å²) in [5.41, 5.74) is 7.61. The summed E-state index contributed by atoms with van der Waals surface area (Å²) in [6, 6.07) is 31.4. The zero-order chi connectivity index (χ0) is 53.3. The van der Waals surface area contributed by atoms with Gasteiger partial charge in [0.15, 0.2) is 23.8 Å². The molecule has 0 fully saturated rings. The summed E-state index contributed by atoms with van der Waals surface area (Å²) < 4.78 is 69.9. The fraction of sp³-hybridized carbons (Fsp3) is 0.259. The van der Waals surface area contributed by atoms with E-state index in [0.717, 1.165) is 40.2 Å². The first-order valence-corrected chi connectivity index (χ1v) is 25.7. The maximum atomic E-state index is 13.4. The summed E-state index contributed by atoms with van der Waals surface area (Å²) in [6.07, 6.45) is 12.2. The van der Waals surface area contributed by atoms with Crippen molar-refractivity contribution in [3.63, 3.8) is 0 Å². The molecule has 2 aliphatic heterocycles. The molecule has 0 aliphatic carbocycles. The average molecular weight is 1150 g/mol. The number of carbonyl (C=O) groups excluding carboxylic acids is 2. The fourth-order valence-corrected chi connectivity index (χ4v) is 9.69. The van der Waals surface area contributed by atoms with E-state index in [1.165, 1.54) is 12.1 Å². The molecular weight excluding hydrogens is 1090 g/mol. The molecule has 2 aliphatic rings. The van der Waals surface area contributed by atoms with Crippen molar-refractivity contribution in [2.75, 3.05) is 4.90 Å². The van der Waals surface area contributed by atoms with Gasteiger partial charge in [-0.25, -0.2) is 13.0 Å². The number of para-hydroxylation sites is 1. The van der Waals surface area contributed by atoms with Gasteiger partial charge in [0, 0.05) is 69.6 Å². The number of benzene rings is 4. The molecule has 4 aromatic carbocycles. The number of allylic oxidation sites excluding steroid dienone is 7. The number of anilines is 1. The maximum absolute atomic E-state index is 13.4. The van der Waals surface area contributed by atoms with E-state index < -0.39 is 38.7 Å². The normalized spacial score (nSPS) is 14.5. The van der Waals surface area contributed by atoms with Gasteiger partial charge in [0.05, 0.1) is 17.1 Å². The topological polar surface area (TPSA) is 232 Å². The minimum absolute atomic E-state index is 0. The first-order chi connectivity index (χ1) is 34.6. The number of nitrogens with zero attached hydrogens (tertiary/aromatic N) is 3. The van der Waals surface area contributed by atoms with E-state index in [9.17, 15) is 37.6 Å². The number of carbonyl (C=O) groups is 2. The van der Waals surface area contributed by atoms with Gasteiger partial charge in [-0.3, -0.25) is 14.6 Å². The molecule has 0 unspecified atom stereocenters. The Morgan fingerprint density at radius 2 is 1.58 bits per heavy atom. The third-order valence-electron chi connectivity index (χ3n) is 13.0. The zero-order valence-corrected chi connectivity index (χ0v) is 50.7. The predicted molar refractivity (Wildman–Crippen MR) is 278 cm³/mol. The molecule has 7 rings (SSSR count). The molecular formula is C54H55B2BrN3Na2O12S2. The third kappa shape index (κ3) is 16.1. The predicted octanol–water partition coefficient (Wildman–Crippen LogP) is -2.24. The van der Waals surface area contributed by atoms with Gasteiger partial charge in [-0.1, -0.05) is 94.8 Å².